The van der Waals surface area contributed by atoms with Gasteiger partial charge in [0.2, 0.25) is 0 Å². The first-order valence-corrected chi connectivity index (χ1v) is 11.8. The fraction of sp³-hybridized carbons (Fsp3) is 0.316. The van der Waals surface area contributed by atoms with E-state index in [1.54, 1.807) is 28.3 Å². The molecule has 1 fully saturated rings. The van der Waals surface area contributed by atoms with Gasteiger partial charge in [-0.25, -0.2) is 0 Å². The third-order valence-electron chi connectivity index (χ3n) is 4.71. The number of thiocarbonyl (C=S) groups is 1. The second-order valence-corrected chi connectivity index (χ2v) is 10.2. The number of anilines is 1. The SMILES string of the molecule is CCCCN1C(=O)C(=c2sc(=C3Sc4ccccc4N3C)c(=O)n2C)SC1=S. The molecule has 0 spiro atoms. The van der Waals surface area contributed by atoms with Crippen molar-refractivity contribution in [3.63, 3.8) is 0 Å². The van der Waals surface area contributed by atoms with Crippen molar-refractivity contribution in [2.75, 3.05) is 18.5 Å². The highest BCUT2D eigenvalue weighted by Gasteiger charge is 2.33. The summed E-state index contributed by atoms with van der Waals surface area (Å²) in [5.41, 5.74) is 1.01. The van der Waals surface area contributed by atoms with Crippen LogP contribution in [-0.4, -0.2) is 33.3 Å². The molecule has 1 saturated heterocycles. The molecule has 4 rings (SSSR count). The number of thioether (sulfide) groups is 2. The molecule has 2 aliphatic rings. The molecule has 1 aromatic heterocycles. The highest BCUT2D eigenvalue weighted by molar-refractivity contribution is 8.30. The van der Waals surface area contributed by atoms with Gasteiger partial charge in [0.25, 0.3) is 11.5 Å². The van der Waals surface area contributed by atoms with Crippen LogP contribution < -0.4 is 19.7 Å². The van der Waals surface area contributed by atoms with E-state index in [2.05, 4.69) is 13.0 Å². The van der Waals surface area contributed by atoms with E-state index >= 15 is 0 Å². The fourth-order valence-electron chi connectivity index (χ4n) is 3.12. The van der Waals surface area contributed by atoms with Crippen molar-refractivity contribution in [2.45, 2.75) is 24.7 Å². The molecule has 0 aliphatic carbocycles. The minimum absolute atomic E-state index is 0.0824. The molecule has 0 saturated carbocycles. The number of unbranched alkanes of at least 4 members (excludes halogenated alkanes) is 1. The Hall–Kier alpha value is -1.55. The van der Waals surface area contributed by atoms with Crippen molar-refractivity contribution in [3.05, 3.63) is 43.8 Å². The normalized spacial score (nSPS) is 20.4. The summed E-state index contributed by atoms with van der Waals surface area (Å²) in [6.07, 6.45) is 1.91. The maximum atomic E-state index is 13.0. The van der Waals surface area contributed by atoms with Crippen LogP contribution in [0.1, 0.15) is 19.8 Å². The fourth-order valence-corrected chi connectivity index (χ4v) is 7.05. The standard InChI is InChI=1S/C19H19N3O2S4/c1-4-5-10-22-16(24)14(28-19(22)25)18-21(3)15(23)13(27-18)17-20(2)11-8-6-7-9-12(11)26-17/h6-9H,4-5,10H2,1-3H3. The van der Waals surface area contributed by atoms with Gasteiger partial charge in [-0.05, 0) is 18.6 Å². The Morgan fingerprint density at radius 2 is 1.86 bits per heavy atom. The van der Waals surface area contributed by atoms with Gasteiger partial charge in [-0.15, -0.1) is 11.3 Å². The van der Waals surface area contributed by atoms with Crippen molar-refractivity contribution in [1.29, 1.82) is 0 Å². The molecule has 0 radical (unpaired) electrons. The maximum absolute atomic E-state index is 13.0. The number of para-hydroxylation sites is 1. The second-order valence-electron chi connectivity index (χ2n) is 6.54. The highest BCUT2D eigenvalue weighted by Crippen LogP contribution is 2.45. The number of aromatic nitrogens is 1. The molecule has 0 N–H and O–H groups in total. The van der Waals surface area contributed by atoms with E-state index in [1.807, 2.05) is 30.1 Å². The number of fused-ring (bicyclic) bond motifs is 1. The summed E-state index contributed by atoms with van der Waals surface area (Å²) >= 11 is 9.67. The minimum Gasteiger partial charge on any atom is -0.337 e. The van der Waals surface area contributed by atoms with Gasteiger partial charge < -0.3 is 9.47 Å². The van der Waals surface area contributed by atoms with Crippen LogP contribution in [0.5, 0.6) is 0 Å². The zero-order valence-corrected chi connectivity index (χ0v) is 19.0. The van der Waals surface area contributed by atoms with Crippen molar-refractivity contribution < 1.29 is 4.79 Å². The Labute approximate surface area is 180 Å². The average Bonchev–Trinajstić information content (AvgIpc) is 3.27. The van der Waals surface area contributed by atoms with Gasteiger partial charge in [0.1, 0.15) is 23.4 Å². The molecule has 2 aromatic rings. The van der Waals surface area contributed by atoms with E-state index < -0.39 is 0 Å². The molecule has 9 heteroatoms. The summed E-state index contributed by atoms with van der Waals surface area (Å²) in [5, 5.41) is 0.902. The molecule has 3 heterocycles. The van der Waals surface area contributed by atoms with Gasteiger partial charge in [-0.1, -0.05) is 61.2 Å². The Bertz CT molecular complexity index is 1160. The average molecular weight is 450 g/mol. The molecule has 0 bridgehead atoms. The summed E-state index contributed by atoms with van der Waals surface area (Å²) < 4.78 is 3.48. The predicted molar refractivity (Wildman–Crippen MR) is 123 cm³/mol. The first kappa shape index (κ1) is 19.8. The van der Waals surface area contributed by atoms with Gasteiger partial charge in [-0.3, -0.25) is 14.5 Å². The summed E-state index contributed by atoms with van der Waals surface area (Å²) in [4.78, 5) is 31.3. The maximum Gasteiger partial charge on any atom is 0.271 e. The lowest BCUT2D eigenvalue weighted by Crippen LogP contribution is -2.33. The number of hydrogen-bond acceptors (Lipinski definition) is 7. The van der Waals surface area contributed by atoms with E-state index in [0.717, 1.165) is 28.5 Å². The Balaban J connectivity index is 1.86. The third-order valence-corrected chi connectivity index (χ3v) is 8.89. The van der Waals surface area contributed by atoms with Crippen LogP contribution >= 0.6 is 47.1 Å². The molecular weight excluding hydrogens is 430 g/mol. The number of carbonyl (C=O) groups is 1. The van der Waals surface area contributed by atoms with Crippen molar-refractivity contribution in [3.8, 4) is 0 Å². The topological polar surface area (TPSA) is 45.6 Å². The largest absolute Gasteiger partial charge is 0.337 e. The van der Waals surface area contributed by atoms with Gasteiger partial charge in [0.15, 0.2) is 0 Å². The van der Waals surface area contributed by atoms with Crippen LogP contribution in [0.2, 0.25) is 0 Å². The first-order valence-electron chi connectivity index (χ1n) is 8.92. The predicted octanol–water partition coefficient (Wildman–Crippen LogP) is 2.52. The summed E-state index contributed by atoms with van der Waals surface area (Å²) in [6, 6.07) is 8.09. The molecule has 2 aliphatic heterocycles. The first-order chi connectivity index (χ1) is 13.4. The number of nitrogens with zero attached hydrogens (tertiary/aromatic N) is 3. The lowest BCUT2D eigenvalue weighted by atomic mass is 10.3. The minimum atomic E-state index is -0.0902. The number of benzene rings is 1. The van der Waals surface area contributed by atoms with Crippen LogP contribution in [0, 0.1) is 0 Å². The van der Waals surface area contributed by atoms with Crippen molar-refractivity contribution in [2.24, 2.45) is 7.05 Å². The molecule has 1 aromatic carbocycles. The van der Waals surface area contributed by atoms with Gasteiger partial charge in [0, 0.05) is 25.5 Å². The second kappa shape index (κ2) is 7.70. The molecule has 0 atom stereocenters. The van der Waals surface area contributed by atoms with Crippen LogP contribution in [0.4, 0.5) is 5.69 Å². The zero-order valence-electron chi connectivity index (χ0n) is 15.7. The van der Waals surface area contributed by atoms with Crippen LogP contribution in [0.25, 0.3) is 9.93 Å². The monoisotopic (exact) mass is 449 g/mol. The van der Waals surface area contributed by atoms with E-state index in [0.29, 0.717) is 25.0 Å². The quantitative estimate of drug-likeness (QED) is 0.671. The summed E-state index contributed by atoms with van der Waals surface area (Å²) in [5.74, 6) is -0.0902. The third kappa shape index (κ3) is 3.14. The van der Waals surface area contributed by atoms with Crippen molar-refractivity contribution >= 4 is 72.9 Å². The van der Waals surface area contributed by atoms with E-state index in [-0.39, 0.29) is 11.5 Å². The smallest absolute Gasteiger partial charge is 0.271 e. The number of thiazole rings is 1. The number of hydrogen-bond donors (Lipinski definition) is 0. The molecule has 1 amide bonds. The molecular formula is C19H19N3O2S4. The van der Waals surface area contributed by atoms with Crippen LogP contribution in [-0.2, 0) is 11.8 Å². The summed E-state index contributed by atoms with van der Waals surface area (Å²) in [7, 11) is 3.70. The molecule has 0 unspecified atom stereocenters. The molecule has 28 heavy (non-hydrogen) atoms. The van der Waals surface area contributed by atoms with Crippen LogP contribution in [0.3, 0.4) is 0 Å². The van der Waals surface area contributed by atoms with Gasteiger partial charge in [-0.2, -0.15) is 0 Å². The van der Waals surface area contributed by atoms with Gasteiger partial charge in [0.05, 0.1) is 5.69 Å². The Morgan fingerprint density at radius 3 is 2.57 bits per heavy atom. The number of amides is 1. The molecule has 146 valence electrons. The number of carbonyl (C=O) groups excluding carboxylic acids is 1. The Kier molecular flexibility index (Phi) is 5.43. The van der Waals surface area contributed by atoms with E-state index in [1.165, 1.54) is 23.1 Å². The van der Waals surface area contributed by atoms with Crippen molar-refractivity contribution in [1.82, 2.24) is 9.47 Å². The summed E-state index contributed by atoms with van der Waals surface area (Å²) in [6.45, 7) is 2.71. The van der Waals surface area contributed by atoms with E-state index in [4.69, 9.17) is 12.2 Å². The van der Waals surface area contributed by atoms with E-state index in [9.17, 15) is 9.59 Å². The lowest BCUT2D eigenvalue weighted by molar-refractivity contribution is -0.120. The number of rotatable bonds is 3. The lowest BCUT2D eigenvalue weighted by Gasteiger charge is -2.12. The van der Waals surface area contributed by atoms with Gasteiger partial charge >= 0.3 is 0 Å². The Morgan fingerprint density at radius 1 is 1.11 bits per heavy atom. The highest BCUT2D eigenvalue weighted by atomic mass is 32.2. The zero-order chi connectivity index (χ0) is 20.0. The molecule has 5 nitrogen and oxygen atoms in total. The van der Waals surface area contributed by atoms with Crippen LogP contribution in [0.15, 0.2) is 34.0 Å².